The molecule has 0 aliphatic rings. The van der Waals surface area contributed by atoms with Crippen LogP contribution in [0.5, 0.6) is 11.5 Å². The van der Waals surface area contributed by atoms with Gasteiger partial charge >= 0.3 is 5.97 Å². The second-order valence-corrected chi connectivity index (χ2v) is 5.91. The number of phenols is 1. The number of fused-ring (bicyclic) bond motifs is 1. The van der Waals surface area contributed by atoms with E-state index in [-0.39, 0.29) is 27.9 Å². The van der Waals surface area contributed by atoms with Gasteiger partial charge in [-0.3, -0.25) is 4.79 Å². The number of hydrogen-bond donors (Lipinski definition) is 1. The van der Waals surface area contributed by atoms with Crippen LogP contribution in [0, 0.1) is 0 Å². The third-order valence-electron chi connectivity index (χ3n) is 4.05. The van der Waals surface area contributed by atoms with Crippen molar-refractivity contribution in [2.24, 2.45) is 0 Å². The third kappa shape index (κ3) is 3.30. The van der Waals surface area contributed by atoms with Crippen molar-refractivity contribution >= 4 is 16.9 Å². The van der Waals surface area contributed by atoms with Gasteiger partial charge in [0.15, 0.2) is 5.43 Å². The Morgan fingerprint density at radius 2 is 1.56 bits per heavy atom. The molecule has 4 aromatic rings. The molecule has 0 bridgehead atoms. The molecule has 0 radical (unpaired) electrons. The maximum atomic E-state index is 12.7. The van der Waals surface area contributed by atoms with Crippen LogP contribution in [-0.4, -0.2) is 11.1 Å². The molecule has 0 aliphatic carbocycles. The van der Waals surface area contributed by atoms with Crippen LogP contribution in [0.4, 0.5) is 0 Å². The summed E-state index contributed by atoms with van der Waals surface area (Å²) in [5, 5.41) is 10.1. The molecule has 4 rings (SSSR count). The Morgan fingerprint density at radius 3 is 2.26 bits per heavy atom. The van der Waals surface area contributed by atoms with Crippen molar-refractivity contribution in [1.82, 2.24) is 0 Å². The molecule has 27 heavy (non-hydrogen) atoms. The number of phenolic OH excluding ortho intramolecular Hbond substituents is 1. The van der Waals surface area contributed by atoms with Gasteiger partial charge in [0.05, 0.1) is 5.56 Å². The molecule has 0 saturated carbocycles. The number of aromatic hydroxyl groups is 1. The van der Waals surface area contributed by atoms with Crippen LogP contribution in [0.3, 0.4) is 0 Å². The summed E-state index contributed by atoms with van der Waals surface area (Å²) in [6.07, 6.45) is 0. The highest BCUT2D eigenvalue weighted by atomic mass is 16.5. The highest BCUT2D eigenvalue weighted by Crippen LogP contribution is 2.31. The lowest BCUT2D eigenvalue weighted by Crippen LogP contribution is -2.11. The van der Waals surface area contributed by atoms with E-state index in [0.717, 1.165) is 5.56 Å². The van der Waals surface area contributed by atoms with Crippen molar-refractivity contribution in [1.29, 1.82) is 0 Å². The standard InChI is InChI=1S/C22H14O5/c23-16-11-19-21(17(24)13-18(26-19)14-7-3-1-4-8-14)20(12-16)27-22(25)15-9-5-2-6-10-15/h1-13,23H. The van der Waals surface area contributed by atoms with Gasteiger partial charge in [-0.2, -0.15) is 0 Å². The maximum Gasteiger partial charge on any atom is 0.343 e. The minimum Gasteiger partial charge on any atom is -0.508 e. The number of esters is 1. The molecule has 3 aromatic carbocycles. The molecular formula is C22H14O5. The molecule has 132 valence electrons. The zero-order valence-corrected chi connectivity index (χ0v) is 14.1. The lowest BCUT2D eigenvalue weighted by atomic mass is 10.1. The molecule has 0 atom stereocenters. The van der Waals surface area contributed by atoms with E-state index in [1.807, 2.05) is 30.3 Å². The van der Waals surface area contributed by atoms with Crippen LogP contribution < -0.4 is 10.2 Å². The van der Waals surface area contributed by atoms with Crippen molar-refractivity contribution in [3.63, 3.8) is 0 Å². The van der Waals surface area contributed by atoms with Gasteiger partial charge in [0.25, 0.3) is 0 Å². The molecule has 5 heteroatoms. The van der Waals surface area contributed by atoms with Crippen molar-refractivity contribution in [3.8, 4) is 22.8 Å². The molecule has 0 aliphatic heterocycles. The van der Waals surface area contributed by atoms with Crippen LogP contribution in [0.15, 0.2) is 88.1 Å². The first kappa shape index (κ1) is 16.6. The summed E-state index contributed by atoms with van der Waals surface area (Å²) in [6, 6.07) is 21.4. The van der Waals surface area contributed by atoms with E-state index in [1.165, 1.54) is 18.2 Å². The first-order valence-corrected chi connectivity index (χ1v) is 8.25. The molecule has 1 N–H and O–H groups in total. The minimum atomic E-state index is -0.631. The molecular weight excluding hydrogens is 344 g/mol. The zero-order chi connectivity index (χ0) is 18.8. The van der Waals surface area contributed by atoms with Gasteiger partial charge < -0.3 is 14.3 Å². The lowest BCUT2D eigenvalue weighted by Gasteiger charge is -2.09. The molecule has 1 heterocycles. The number of carbonyl (C=O) groups excluding carboxylic acids is 1. The SMILES string of the molecule is O=C(Oc1cc(O)cc2oc(-c3ccccc3)cc(=O)c12)c1ccccc1. The predicted octanol–water partition coefficient (Wildman–Crippen LogP) is 4.38. The van der Waals surface area contributed by atoms with Crippen LogP contribution in [0.1, 0.15) is 10.4 Å². The largest absolute Gasteiger partial charge is 0.508 e. The average Bonchev–Trinajstić information content (AvgIpc) is 2.68. The summed E-state index contributed by atoms with van der Waals surface area (Å²) in [5.74, 6) is -0.494. The van der Waals surface area contributed by atoms with E-state index >= 15 is 0 Å². The maximum absolute atomic E-state index is 12.7. The Bertz CT molecular complexity index is 1180. The molecule has 0 fully saturated rings. The van der Waals surface area contributed by atoms with Crippen LogP contribution in [0.25, 0.3) is 22.3 Å². The Morgan fingerprint density at radius 1 is 0.889 bits per heavy atom. The number of rotatable bonds is 3. The lowest BCUT2D eigenvalue weighted by molar-refractivity contribution is 0.0737. The topological polar surface area (TPSA) is 76.7 Å². The van der Waals surface area contributed by atoms with E-state index in [4.69, 9.17) is 9.15 Å². The second kappa shape index (κ2) is 6.80. The van der Waals surface area contributed by atoms with Crippen molar-refractivity contribution in [3.05, 3.63) is 94.6 Å². The van der Waals surface area contributed by atoms with Crippen molar-refractivity contribution in [2.75, 3.05) is 0 Å². The summed E-state index contributed by atoms with van der Waals surface area (Å²) in [6.45, 7) is 0. The van der Waals surface area contributed by atoms with E-state index in [2.05, 4.69) is 0 Å². The van der Waals surface area contributed by atoms with E-state index in [0.29, 0.717) is 11.3 Å². The van der Waals surface area contributed by atoms with Gasteiger partial charge in [-0.15, -0.1) is 0 Å². The highest BCUT2D eigenvalue weighted by molar-refractivity contribution is 5.94. The number of benzene rings is 3. The normalized spacial score (nSPS) is 10.7. The van der Waals surface area contributed by atoms with E-state index in [9.17, 15) is 14.7 Å². The Labute approximate surface area is 154 Å². The van der Waals surface area contributed by atoms with Crippen LogP contribution in [0.2, 0.25) is 0 Å². The smallest absolute Gasteiger partial charge is 0.343 e. The first-order chi connectivity index (χ1) is 13.1. The van der Waals surface area contributed by atoms with E-state index in [1.54, 1.807) is 30.3 Å². The van der Waals surface area contributed by atoms with Crippen molar-refractivity contribution in [2.45, 2.75) is 0 Å². The minimum absolute atomic E-state index is 0.0489. The summed E-state index contributed by atoms with van der Waals surface area (Å²) >= 11 is 0. The van der Waals surface area contributed by atoms with Crippen LogP contribution in [-0.2, 0) is 0 Å². The second-order valence-electron chi connectivity index (χ2n) is 5.91. The summed E-state index contributed by atoms with van der Waals surface area (Å²) in [4.78, 5) is 25.0. The Balaban J connectivity index is 1.82. The van der Waals surface area contributed by atoms with Gasteiger partial charge in [0.2, 0.25) is 0 Å². The number of ether oxygens (including phenoxy) is 1. The quantitative estimate of drug-likeness (QED) is 0.434. The monoisotopic (exact) mass is 358 g/mol. The summed E-state index contributed by atoms with van der Waals surface area (Å²) in [5.41, 5.74) is 0.824. The highest BCUT2D eigenvalue weighted by Gasteiger charge is 2.17. The third-order valence-corrected chi connectivity index (χ3v) is 4.05. The molecule has 5 nitrogen and oxygen atoms in total. The van der Waals surface area contributed by atoms with Gasteiger partial charge in [-0.1, -0.05) is 48.5 Å². The Kier molecular flexibility index (Phi) is 4.18. The van der Waals surface area contributed by atoms with Crippen LogP contribution >= 0.6 is 0 Å². The van der Waals surface area contributed by atoms with Crippen molar-refractivity contribution < 1.29 is 19.1 Å². The Hall–Kier alpha value is -3.86. The fourth-order valence-electron chi connectivity index (χ4n) is 2.80. The van der Waals surface area contributed by atoms with Gasteiger partial charge in [-0.25, -0.2) is 4.79 Å². The van der Waals surface area contributed by atoms with Gasteiger partial charge in [0, 0.05) is 23.8 Å². The number of hydrogen-bond acceptors (Lipinski definition) is 5. The predicted molar refractivity (Wildman–Crippen MR) is 101 cm³/mol. The summed E-state index contributed by atoms with van der Waals surface area (Å²) in [7, 11) is 0. The fraction of sp³-hybridized carbons (Fsp3) is 0. The summed E-state index contributed by atoms with van der Waals surface area (Å²) < 4.78 is 11.1. The molecule has 0 unspecified atom stereocenters. The fourth-order valence-corrected chi connectivity index (χ4v) is 2.80. The molecule has 1 aromatic heterocycles. The number of carbonyl (C=O) groups is 1. The van der Waals surface area contributed by atoms with Gasteiger partial charge in [-0.05, 0) is 12.1 Å². The molecule has 0 saturated heterocycles. The average molecular weight is 358 g/mol. The first-order valence-electron chi connectivity index (χ1n) is 8.25. The molecule has 0 spiro atoms. The van der Waals surface area contributed by atoms with E-state index < -0.39 is 5.97 Å². The van der Waals surface area contributed by atoms with Gasteiger partial charge in [0.1, 0.15) is 28.2 Å². The molecule has 0 amide bonds. The zero-order valence-electron chi connectivity index (χ0n) is 14.1.